The Morgan fingerprint density at radius 1 is 1.12 bits per heavy atom. The maximum absolute atomic E-state index is 9.79. The fraction of sp³-hybridized carbons (Fsp3) is 0.400. The Morgan fingerprint density at radius 3 is 1.25 bits per heavy atom. The number of carbonyl (C=O) groups is 2. The predicted octanol–water partition coefficient (Wildman–Crippen LogP) is 0.304. The average molecular weight is 113 g/mol. The van der Waals surface area contributed by atoms with Crippen molar-refractivity contribution in [2.24, 2.45) is 0 Å². The molecule has 0 N–H and O–H groups in total. The summed E-state index contributed by atoms with van der Waals surface area (Å²) in [7, 11) is 0. The van der Waals surface area contributed by atoms with E-state index in [9.17, 15) is 9.59 Å². The van der Waals surface area contributed by atoms with Crippen molar-refractivity contribution in [3.05, 3.63) is 0 Å². The third-order valence-corrected chi connectivity index (χ3v) is 0.496. The zero-order valence-corrected chi connectivity index (χ0v) is 4.84. The summed E-state index contributed by atoms with van der Waals surface area (Å²) in [4.78, 5) is 19.6. The van der Waals surface area contributed by atoms with Crippen LogP contribution in [0.15, 0.2) is 0 Å². The Labute approximate surface area is 47.9 Å². The highest BCUT2D eigenvalue weighted by atomic mass is 16.2. The van der Waals surface area contributed by atoms with Gasteiger partial charge in [-0.15, -0.1) is 0 Å². The third kappa shape index (κ3) is 8.85. The monoisotopic (exact) mass is 113 g/mol. The van der Waals surface area contributed by atoms with Gasteiger partial charge < -0.3 is 0 Å². The molecule has 0 heterocycles. The topological polar surface area (TPSA) is 57.9 Å². The zero-order valence-electron chi connectivity index (χ0n) is 4.84. The van der Waals surface area contributed by atoms with Crippen LogP contribution in [0.5, 0.6) is 0 Å². The number of ketones is 2. The number of nitrogens with zero attached hydrogens (tertiary/aromatic N) is 1. The summed E-state index contributed by atoms with van der Waals surface area (Å²) in [5.41, 5.74) is 0. The standard InChI is InChI=1S/C4H6O2.CHN/c1-3(5)4(2)6;1-2/h1-2H3;1H. The van der Waals surface area contributed by atoms with Crippen molar-refractivity contribution in [2.45, 2.75) is 13.8 Å². The summed E-state index contributed by atoms with van der Waals surface area (Å²) < 4.78 is 0. The molecule has 0 aromatic rings. The minimum Gasteiger partial charge on any atom is -0.291 e. The van der Waals surface area contributed by atoms with Crippen molar-refractivity contribution in [2.75, 3.05) is 0 Å². The lowest BCUT2D eigenvalue weighted by Crippen LogP contribution is -2.01. The second-order valence-corrected chi connectivity index (χ2v) is 1.11. The highest BCUT2D eigenvalue weighted by molar-refractivity contribution is 6.35. The summed E-state index contributed by atoms with van der Waals surface area (Å²) in [6.45, 7) is 6.00. The molecule has 0 saturated heterocycles. The summed E-state index contributed by atoms with van der Waals surface area (Å²) in [6.07, 6.45) is 0. The molecule has 0 aliphatic carbocycles. The van der Waals surface area contributed by atoms with Crippen molar-refractivity contribution < 1.29 is 9.59 Å². The third-order valence-electron chi connectivity index (χ3n) is 0.496. The number of hydrogen-bond donors (Lipinski definition) is 0. The van der Waals surface area contributed by atoms with E-state index in [4.69, 9.17) is 5.26 Å². The second kappa shape index (κ2) is 5.83. The van der Waals surface area contributed by atoms with Gasteiger partial charge in [-0.05, 0) is 0 Å². The van der Waals surface area contributed by atoms with Gasteiger partial charge in [0.05, 0.1) is 0 Å². The number of Topliss-reactive ketones (excluding diaryl/α,β-unsaturated/α-hetero) is 2. The molecule has 0 unspecified atom stereocenters. The van der Waals surface area contributed by atoms with Gasteiger partial charge in [0.1, 0.15) is 0 Å². The van der Waals surface area contributed by atoms with Crippen LogP contribution in [0.1, 0.15) is 13.8 Å². The van der Waals surface area contributed by atoms with Crippen molar-refractivity contribution in [3.63, 3.8) is 0 Å². The molecule has 0 radical (unpaired) electrons. The number of rotatable bonds is 1. The molecule has 44 valence electrons. The largest absolute Gasteiger partial charge is 0.291 e. The van der Waals surface area contributed by atoms with Gasteiger partial charge in [0.15, 0.2) is 11.6 Å². The van der Waals surface area contributed by atoms with Crippen LogP contribution < -0.4 is 0 Å². The first-order valence-corrected chi connectivity index (χ1v) is 1.92. The van der Waals surface area contributed by atoms with Crippen molar-refractivity contribution >= 4 is 11.6 Å². The quantitative estimate of drug-likeness (QED) is 0.459. The summed E-state index contributed by atoms with van der Waals surface area (Å²) in [5, 5.41) is 6.50. The minimum atomic E-state index is -0.380. The average Bonchev–Trinajstić information content (AvgIpc) is 1.72. The van der Waals surface area contributed by atoms with E-state index in [2.05, 4.69) is 6.57 Å². The van der Waals surface area contributed by atoms with Crippen molar-refractivity contribution in [3.8, 4) is 6.57 Å². The summed E-state index contributed by atoms with van der Waals surface area (Å²) in [6, 6.07) is 0. The molecule has 0 amide bonds. The van der Waals surface area contributed by atoms with Crippen LogP contribution >= 0.6 is 0 Å². The molecule has 0 rings (SSSR count). The highest BCUT2D eigenvalue weighted by Gasteiger charge is 1.94. The molecule has 0 saturated carbocycles. The number of nitriles is 1. The maximum atomic E-state index is 9.79. The summed E-state index contributed by atoms with van der Waals surface area (Å²) >= 11 is 0. The molecule has 3 nitrogen and oxygen atoms in total. The smallest absolute Gasteiger partial charge is 0.195 e. The van der Waals surface area contributed by atoms with Gasteiger partial charge in [0.25, 0.3) is 0 Å². The van der Waals surface area contributed by atoms with Gasteiger partial charge in [0.2, 0.25) is 0 Å². The van der Waals surface area contributed by atoms with Gasteiger partial charge in [-0.2, -0.15) is 0 Å². The predicted molar refractivity (Wildman–Crippen MR) is 28.0 cm³/mol. The Hall–Kier alpha value is -1.17. The van der Waals surface area contributed by atoms with Crippen LogP contribution in [0, 0.1) is 11.8 Å². The molecule has 3 heteroatoms. The van der Waals surface area contributed by atoms with E-state index in [1.165, 1.54) is 13.8 Å². The number of carbonyl (C=O) groups excluding carboxylic acids is 2. The van der Waals surface area contributed by atoms with E-state index < -0.39 is 0 Å². The molecular weight excluding hydrogens is 106 g/mol. The van der Waals surface area contributed by atoms with Gasteiger partial charge in [-0.1, -0.05) is 0 Å². The lowest BCUT2D eigenvalue weighted by atomic mass is 10.3. The Balaban J connectivity index is 0. The SMILES string of the molecule is C#N.CC(=O)C(C)=O. The van der Waals surface area contributed by atoms with E-state index >= 15 is 0 Å². The number of hydrogen-bond acceptors (Lipinski definition) is 3. The first kappa shape index (κ1) is 9.95. The molecule has 0 aromatic carbocycles. The van der Waals surface area contributed by atoms with Gasteiger partial charge in [-0.25, -0.2) is 5.26 Å². The van der Waals surface area contributed by atoms with Crippen molar-refractivity contribution in [1.82, 2.24) is 0 Å². The Morgan fingerprint density at radius 2 is 1.25 bits per heavy atom. The Kier molecular flexibility index (Phi) is 7.25. The molecule has 0 aliphatic heterocycles. The fourth-order valence-corrected chi connectivity index (χ4v) is 0. The second-order valence-electron chi connectivity index (χ2n) is 1.11. The fourth-order valence-electron chi connectivity index (χ4n) is 0. The van der Waals surface area contributed by atoms with Crippen LogP contribution in [0.4, 0.5) is 0 Å². The van der Waals surface area contributed by atoms with E-state index in [1.807, 2.05) is 0 Å². The molecule has 0 atom stereocenters. The molecule has 0 aliphatic rings. The van der Waals surface area contributed by atoms with Crippen LogP contribution in [0.25, 0.3) is 0 Å². The highest BCUT2D eigenvalue weighted by Crippen LogP contribution is 1.66. The van der Waals surface area contributed by atoms with Crippen LogP contribution in [0.2, 0.25) is 0 Å². The zero-order chi connectivity index (χ0) is 7.15. The summed E-state index contributed by atoms with van der Waals surface area (Å²) in [5.74, 6) is -0.759. The molecule has 0 spiro atoms. The maximum Gasteiger partial charge on any atom is 0.195 e. The molecule has 0 fully saturated rings. The van der Waals surface area contributed by atoms with Crippen LogP contribution in [0.3, 0.4) is 0 Å². The molecule has 0 aromatic heterocycles. The lowest BCUT2D eigenvalue weighted by molar-refractivity contribution is -0.134. The first-order chi connectivity index (χ1) is 3.64. The van der Waals surface area contributed by atoms with Crippen molar-refractivity contribution in [1.29, 1.82) is 5.26 Å². The van der Waals surface area contributed by atoms with Crippen LogP contribution in [-0.4, -0.2) is 11.6 Å². The lowest BCUT2D eigenvalue weighted by Gasteiger charge is -1.73. The van der Waals surface area contributed by atoms with E-state index in [1.54, 1.807) is 0 Å². The van der Waals surface area contributed by atoms with E-state index in [0.717, 1.165) is 0 Å². The van der Waals surface area contributed by atoms with Crippen LogP contribution in [-0.2, 0) is 9.59 Å². The Bertz CT molecular complexity index is 103. The van der Waals surface area contributed by atoms with E-state index in [0.29, 0.717) is 0 Å². The van der Waals surface area contributed by atoms with Gasteiger partial charge in [-0.3, -0.25) is 9.59 Å². The molecule has 8 heavy (non-hydrogen) atoms. The van der Waals surface area contributed by atoms with E-state index in [-0.39, 0.29) is 11.6 Å². The molecule has 0 bridgehead atoms. The van der Waals surface area contributed by atoms with Gasteiger partial charge in [0, 0.05) is 20.4 Å². The van der Waals surface area contributed by atoms with Gasteiger partial charge >= 0.3 is 0 Å². The first-order valence-electron chi connectivity index (χ1n) is 1.92. The normalized spacial score (nSPS) is 6.00. The molecular formula is C5H7NO2. The minimum absolute atomic E-state index is 0.380.